The van der Waals surface area contributed by atoms with E-state index in [2.05, 4.69) is 43.7 Å². The highest BCUT2D eigenvalue weighted by atomic mass is 32.2. The molecule has 0 bridgehead atoms. The SMILES string of the molecule is C[C@H](C(=O)N[C@@H](C(=O)N1C[C@H](NC(=O)COCCOCCOCCOCCOc2cc3nccc(Nc4ccc5c(c4)NCS5)c3cc2S(=O)(=O)C(C)(C)C)C[C@@H]1C(=O)N[C@@H]1CCCc2ccccc21)C(C)(C)C)N(C)C(=O)OC(C)(C)C. The number of likely N-dealkylation sites (tertiary alicyclic amines) is 1. The van der Waals surface area contributed by atoms with Crippen molar-refractivity contribution in [1.82, 2.24) is 30.7 Å². The van der Waals surface area contributed by atoms with Gasteiger partial charge < -0.3 is 59.9 Å². The van der Waals surface area contributed by atoms with E-state index < -0.39 is 73.6 Å². The van der Waals surface area contributed by atoms with Crippen LogP contribution in [0.15, 0.2) is 76.7 Å². The van der Waals surface area contributed by atoms with Gasteiger partial charge in [-0.1, -0.05) is 45.0 Å². The summed E-state index contributed by atoms with van der Waals surface area (Å²) in [6.07, 6.45) is 3.62. The van der Waals surface area contributed by atoms with Crippen LogP contribution in [0, 0.1) is 5.41 Å². The number of thioether (sulfide) groups is 1. The number of hydrogen-bond acceptors (Lipinski definition) is 17. The van der Waals surface area contributed by atoms with Gasteiger partial charge in [-0.25, -0.2) is 13.2 Å². The lowest BCUT2D eigenvalue weighted by atomic mass is 9.85. The van der Waals surface area contributed by atoms with Crippen LogP contribution >= 0.6 is 11.8 Å². The Morgan fingerprint density at radius 2 is 1.52 bits per heavy atom. The number of nitrogens with zero attached hydrogens (tertiary/aromatic N) is 3. The second-order valence-corrected chi connectivity index (χ2v) is 27.8. The number of hydrogen-bond donors (Lipinski definition) is 5. The standard InChI is InChI=1S/C60H84N8O13S2/c1-38(67(11)57(73)81-59(5,6)7)54(70)66-53(58(2,3)4)56(72)68-35-41(32-48(68)55(71)65-44-18-14-16-39-15-12-13-17-42(39)44)64-52(69)36-79-28-27-77-24-23-76-25-26-78-29-30-80-49-34-46-43(33-51(49)83(74,75)60(8,9)10)45(21-22-61-46)63-40-19-20-50-47(31-40)62-37-82-50/h12-13,15,17,19-22,31,33-34,38,41,44,48,53,62H,14,16,18,23-30,32,35-37H2,1-11H3,(H,61,63)(H,64,69)(H,65,71)(H,66,70)/t38-,41-,44-,48-,53+/m1/s1. The van der Waals surface area contributed by atoms with Crippen molar-refractivity contribution in [3.63, 3.8) is 0 Å². The minimum Gasteiger partial charge on any atom is -0.490 e. The summed E-state index contributed by atoms with van der Waals surface area (Å²) in [5, 5.41) is 16.4. The van der Waals surface area contributed by atoms with E-state index in [9.17, 15) is 32.4 Å². The van der Waals surface area contributed by atoms with Crippen molar-refractivity contribution in [2.75, 3.05) is 89.6 Å². The highest BCUT2D eigenvalue weighted by Gasteiger charge is 2.46. The molecule has 7 rings (SSSR count). The average Bonchev–Trinajstić information content (AvgIpc) is 4.15. The number of sulfone groups is 1. The van der Waals surface area contributed by atoms with Gasteiger partial charge in [0.2, 0.25) is 23.6 Å². The summed E-state index contributed by atoms with van der Waals surface area (Å²) in [6, 6.07) is 15.2. The van der Waals surface area contributed by atoms with Crippen LogP contribution in [0.3, 0.4) is 0 Å². The zero-order valence-electron chi connectivity index (χ0n) is 49.8. The zero-order valence-corrected chi connectivity index (χ0v) is 51.4. The number of anilines is 3. The number of benzene rings is 3. The minimum absolute atomic E-state index is 0.00410. The van der Waals surface area contributed by atoms with E-state index in [0.717, 1.165) is 47.6 Å². The van der Waals surface area contributed by atoms with Crippen molar-refractivity contribution in [1.29, 1.82) is 0 Å². The van der Waals surface area contributed by atoms with E-state index in [1.54, 1.807) is 99.3 Å². The smallest absolute Gasteiger partial charge is 0.410 e. The summed E-state index contributed by atoms with van der Waals surface area (Å²) in [5.41, 5.74) is 3.75. The molecule has 21 nitrogen and oxygen atoms in total. The Kier molecular flexibility index (Phi) is 21.8. The summed E-state index contributed by atoms with van der Waals surface area (Å²) in [4.78, 5) is 77.3. The van der Waals surface area contributed by atoms with Crippen LogP contribution in [0.5, 0.6) is 5.75 Å². The van der Waals surface area contributed by atoms with Gasteiger partial charge in [-0.05, 0) is 121 Å². The molecule has 5 amide bonds. The summed E-state index contributed by atoms with van der Waals surface area (Å²) >= 11 is 1.73. The van der Waals surface area contributed by atoms with Gasteiger partial charge in [-0.15, -0.1) is 11.8 Å². The fourth-order valence-electron chi connectivity index (χ4n) is 9.79. The number of ether oxygens (including phenoxy) is 6. The van der Waals surface area contributed by atoms with E-state index in [1.165, 1.54) is 21.7 Å². The van der Waals surface area contributed by atoms with E-state index in [-0.39, 0.29) is 95.0 Å². The highest BCUT2D eigenvalue weighted by molar-refractivity contribution is 7.99. The average molecular weight is 1190 g/mol. The third-order valence-electron chi connectivity index (χ3n) is 14.5. The number of aryl methyl sites for hydroxylation is 1. The van der Waals surface area contributed by atoms with E-state index in [4.69, 9.17) is 28.4 Å². The topological polar surface area (TPSA) is 254 Å². The van der Waals surface area contributed by atoms with Crippen LogP contribution in [0.2, 0.25) is 0 Å². The second kappa shape index (κ2) is 28.1. The lowest BCUT2D eigenvalue weighted by molar-refractivity contribution is -0.144. The lowest BCUT2D eigenvalue weighted by Gasteiger charge is -2.37. The summed E-state index contributed by atoms with van der Waals surface area (Å²) in [6.45, 7) is 18.5. The van der Waals surface area contributed by atoms with Gasteiger partial charge in [-0.2, -0.15) is 0 Å². The molecule has 1 aromatic heterocycles. The minimum atomic E-state index is -3.84. The number of nitrogens with one attached hydrogen (secondary N) is 5. The van der Waals surface area contributed by atoms with Crippen LogP contribution in [-0.2, 0) is 59.1 Å². The van der Waals surface area contributed by atoms with Gasteiger partial charge in [0, 0.05) is 53.6 Å². The predicted molar refractivity (Wildman–Crippen MR) is 319 cm³/mol. The number of carbonyl (C=O) groups excluding carboxylic acids is 5. The quantitative estimate of drug-likeness (QED) is 0.0402. The number of fused-ring (bicyclic) bond motifs is 3. The van der Waals surface area contributed by atoms with Crippen LogP contribution in [-0.4, -0.2) is 166 Å². The Labute approximate surface area is 492 Å². The van der Waals surface area contributed by atoms with Gasteiger partial charge in [0.25, 0.3) is 0 Å². The van der Waals surface area contributed by atoms with Crippen molar-refractivity contribution in [2.45, 2.75) is 145 Å². The number of pyridine rings is 1. The first kappa shape index (κ1) is 64.3. The molecule has 2 aliphatic heterocycles. The van der Waals surface area contributed by atoms with Crippen LogP contribution in [0.4, 0.5) is 21.9 Å². The lowest BCUT2D eigenvalue weighted by Crippen LogP contribution is -2.60. The predicted octanol–water partition coefficient (Wildman–Crippen LogP) is 7.54. The molecule has 1 saturated heterocycles. The Morgan fingerprint density at radius 1 is 0.843 bits per heavy atom. The Morgan fingerprint density at radius 3 is 2.19 bits per heavy atom. The molecule has 23 heteroatoms. The largest absolute Gasteiger partial charge is 0.490 e. The molecule has 83 heavy (non-hydrogen) atoms. The first-order valence-corrected chi connectivity index (χ1v) is 30.8. The molecule has 1 aliphatic carbocycles. The molecule has 0 unspecified atom stereocenters. The third-order valence-corrected chi connectivity index (χ3v) is 17.9. The Balaban J connectivity index is 0.835. The van der Waals surface area contributed by atoms with Gasteiger partial charge in [0.05, 0.1) is 74.1 Å². The van der Waals surface area contributed by atoms with Crippen LogP contribution in [0.1, 0.15) is 106 Å². The van der Waals surface area contributed by atoms with Crippen LogP contribution < -0.4 is 31.3 Å². The number of rotatable bonds is 25. The maximum Gasteiger partial charge on any atom is 0.410 e. The fraction of sp³-hybridized carbons (Fsp3) is 0.567. The van der Waals surface area contributed by atoms with Gasteiger partial charge >= 0.3 is 6.09 Å². The normalized spacial score (nSPS) is 17.8. The number of carbonyl (C=O) groups is 5. The van der Waals surface area contributed by atoms with E-state index >= 15 is 0 Å². The van der Waals surface area contributed by atoms with Crippen molar-refractivity contribution in [3.05, 3.63) is 78.0 Å². The summed E-state index contributed by atoms with van der Waals surface area (Å²) in [5.74, 6) is -0.876. The molecule has 0 spiro atoms. The number of likely N-dealkylation sites (N-methyl/N-ethyl adjacent to an activating group) is 1. The van der Waals surface area contributed by atoms with Crippen molar-refractivity contribution < 1.29 is 60.8 Å². The molecule has 1 fully saturated rings. The van der Waals surface area contributed by atoms with E-state index in [0.29, 0.717) is 16.6 Å². The van der Waals surface area contributed by atoms with E-state index in [1.807, 2.05) is 36.4 Å². The fourth-order valence-corrected chi connectivity index (χ4v) is 11.9. The molecule has 3 heterocycles. The first-order valence-electron chi connectivity index (χ1n) is 28.3. The number of amides is 5. The first-order chi connectivity index (χ1) is 39.2. The summed E-state index contributed by atoms with van der Waals surface area (Å²) < 4.78 is 60.9. The molecule has 3 aliphatic rings. The molecule has 0 radical (unpaired) electrons. The number of aromatic nitrogens is 1. The van der Waals surface area contributed by atoms with Crippen molar-refractivity contribution >= 4 is 79.3 Å². The molecular weight excluding hydrogens is 1100 g/mol. The second-order valence-electron chi connectivity index (χ2n) is 24.1. The zero-order chi connectivity index (χ0) is 60.3. The molecule has 4 aromatic rings. The monoisotopic (exact) mass is 1190 g/mol. The van der Waals surface area contributed by atoms with Gasteiger partial charge in [-0.3, -0.25) is 29.1 Å². The van der Waals surface area contributed by atoms with Gasteiger partial charge in [0.15, 0.2) is 9.84 Å². The Bertz CT molecular complexity index is 3050. The maximum absolute atomic E-state index is 14.7. The molecule has 5 N–H and O–H groups in total. The summed E-state index contributed by atoms with van der Waals surface area (Å²) in [7, 11) is -2.39. The van der Waals surface area contributed by atoms with Gasteiger partial charge in [0.1, 0.15) is 47.6 Å². The van der Waals surface area contributed by atoms with Crippen molar-refractivity contribution in [2.24, 2.45) is 5.41 Å². The third kappa shape index (κ3) is 17.2. The molecule has 5 atom stereocenters. The highest BCUT2D eigenvalue weighted by Crippen LogP contribution is 2.40. The Hall–Kier alpha value is -6.24. The molecular formula is C60H84N8O13S2. The van der Waals surface area contributed by atoms with Crippen molar-refractivity contribution in [3.8, 4) is 5.75 Å². The molecule has 3 aromatic carbocycles. The maximum atomic E-state index is 14.7. The molecule has 454 valence electrons. The van der Waals surface area contributed by atoms with Crippen LogP contribution in [0.25, 0.3) is 10.9 Å². The molecule has 0 saturated carbocycles.